The number of hydrogen-bond donors (Lipinski definition) is 1. The Bertz CT molecular complexity index is 836. The minimum atomic E-state index is -3.87. The Morgan fingerprint density at radius 3 is 2.32 bits per heavy atom. The van der Waals surface area contributed by atoms with E-state index >= 15 is 0 Å². The molecule has 25 heavy (non-hydrogen) atoms. The normalized spacial score (nSPS) is 17.7. The van der Waals surface area contributed by atoms with Crippen molar-refractivity contribution < 1.29 is 13.2 Å². The van der Waals surface area contributed by atoms with E-state index in [-0.39, 0.29) is 21.0 Å². The fraction of sp³-hybridized carbons (Fsp3) is 0.294. The second-order valence-electron chi connectivity index (χ2n) is 5.80. The van der Waals surface area contributed by atoms with Gasteiger partial charge < -0.3 is 9.64 Å². The number of sulfonamides is 1. The van der Waals surface area contributed by atoms with E-state index in [4.69, 9.17) is 27.9 Å². The SMILES string of the molecule is COC1CCN(c2ccc(NS(=O)(=O)c3c(Cl)cccc3Cl)cc2)C1. The number of hydrogen-bond acceptors (Lipinski definition) is 4. The lowest BCUT2D eigenvalue weighted by molar-refractivity contribution is 0.121. The Balaban J connectivity index is 1.77. The molecule has 1 unspecified atom stereocenters. The Labute approximate surface area is 157 Å². The first-order chi connectivity index (χ1) is 11.9. The molecule has 5 nitrogen and oxygen atoms in total. The highest BCUT2D eigenvalue weighted by Crippen LogP contribution is 2.31. The molecule has 0 aliphatic carbocycles. The second kappa shape index (κ2) is 7.41. The van der Waals surface area contributed by atoms with Gasteiger partial charge >= 0.3 is 0 Å². The van der Waals surface area contributed by atoms with Crippen molar-refractivity contribution >= 4 is 44.6 Å². The molecule has 0 bridgehead atoms. The molecule has 1 saturated heterocycles. The third-order valence-corrected chi connectivity index (χ3v) is 6.49. The molecule has 2 aromatic rings. The molecule has 1 aliphatic heterocycles. The maximum absolute atomic E-state index is 12.6. The molecule has 0 radical (unpaired) electrons. The average molecular weight is 401 g/mol. The molecule has 1 aliphatic rings. The molecule has 1 atom stereocenters. The quantitative estimate of drug-likeness (QED) is 0.822. The Kier molecular flexibility index (Phi) is 5.43. The Hall–Kier alpha value is -1.47. The molecule has 0 aromatic heterocycles. The van der Waals surface area contributed by atoms with Crippen LogP contribution in [0.15, 0.2) is 47.4 Å². The molecule has 0 amide bonds. The van der Waals surface area contributed by atoms with E-state index in [1.165, 1.54) is 12.1 Å². The molecule has 134 valence electrons. The van der Waals surface area contributed by atoms with Gasteiger partial charge in [0.1, 0.15) is 4.90 Å². The van der Waals surface area contributed by atoms with Crippen molar-refractivity contribution in [2.75, 3.05) is 29.8 Å². The highest BCUT2D eigenvalue weighted by molar-refractivity contribution is 7.93. The summed E-state index contributed by atoms with van der Waals surface area (Å²) in [6, 6.07) is 11.8. The molecule has 1 heterocycles. The maximum atomic E-state index is 12.6. The van der Waals surface area contributed by atoms with Crippen LogP contribution in [0.5, 0.6) is 0 Å². The van der Waals surface area contributed by atoms with Crippen molar-refractivity contribution in [3.05, 3.63) is 52.5 Å². The number of benzene rings is 2. The highest BCUT2D eigenvalue weighted by atomic mass is 35.5. The van der Waals surface area contributed by atoms with Crippen molar-refractivity contribution in [1.82, 2.24) is 0 Å². The van der Waals surface area contributed by atoms with Gasteiger partial charge in [-0.15, -0.1) is 0 Å². The minimum absolute atomic E-state index is 0.0827. The van der Waals surface area contributed by atoms with Crippen LogP contribution in [0, 0.1) is 0 Å². The van der Waals surface area contributed by atoms with E-state index in [0.717, 1.165) is 25.2 Å². The molecule has 0 saturated carbocycles. The van der Waals surface area contributed by atoms with Gasteiger partial charge in [-0.1, -0.05) is 29.3 Å². The third-order valence-electron chi connectivity index (χ3n) is 4.15. The smallest absolute Gasteiger partial charge is 0.264 e. The second-order valence-corrected chi connectivity index (χ2v) is 8.23. The van der Waals surface area contributed by atoms with Crippen molar-refractivity contribution in [2.45, 2.75) is 17.4 Å². The summed E-state index contributed by atoms with van der Waals surface area (Å²) >= 11 is 12.0. The zero-order valence-electron chi connectivity index (χ0n) is 13.6. The first-order valence-electron chi connectivity index (χ1n) is 7.75. The monoisotopic (exact) mass is 400 g/mol. The largest absolute Gasteiger partial charge is 0.380 e. The summed E-state index contributed by atoms with van der Waals surface area (Å²) < 4.78 is 33.0. The highest BCUT2D eigenvalue weighted by Gasteiger charge is 2.23. The van der Waals surface area contributed by atoms with E-state index in [1.54, 1.807) is 25.3 Å². The molecule has 8 heteroatoms. The summed E-state index contributed by atoms with van der Waals surface area (Å²) in [5.41, 5.74) is 1.47. The van der Waals surface area contributed by atoms with E-state index in [0.29, 0.717) is 5.69 Å². The lowest BCUT2D eigenvalue weighted by Gasteiger charge is -2.19. The third kappa shape index (κ3) is 4.03. The van der Waals surface area contributed by atoms with Crippen LogP contribution >= 0.6 is 23.2 Å². The molecule has 2 aromatic carbocycles. The molecule has 1 fully saturated rings. The van der Waals surface area contributed by atoms with Gasteiger partial charge in [-0.3, -0.25) is 4.72 Å². The van der Waals surface area contributed by atoms with Gasteiger partial charge in [-0.25, -0.2) is 8.42 Å². The van der Waals surface area contributed by atoms with E-state index < -0.39 is 10.0 Å². The number of methoxy groups -OCH3 is 1. The summed E-state index contributed by atoms with van der Waals surface area (Å²) in [4.78, 5) is 2.09. The van der Waals surface area contributed by atoms with E-state index in [9.17, 15) is 8.42 Å². The minimum Gasteiger partial charge on any atom is -0.380 e. The topological polar surface area (TPSA) is 58.6 Å². The van der Waals surface area contributed by atoms with Crippen molar-refractivity contribution in [2.24, 2.45) is 0 Å². The molecule has 0 spiro atoms. The van der Waals surface area contributed by atoms with Crippen molar-refractivity contribution in [3.8, 4) is 0 Å². The van der Waals surface area contributed by atoms with Crippen LogP contribution in [0.25, 0.3) is 0 Å². The lowest BCUT2D eigenvalue weighted by Crippen LogP contribution is -2.22. The van der Waals surface area contributed by atoms with Crippen LogP contribution in [-0.4, -0.2) is 34.7 Å². The summed E-state index contributed by atoms with van der Waals surface area (Å²) in [5.74, 6) is 0. The van der Waals surface area contributed by atoms with Gasteiger partial charge in [0, 0.05) is 31.6 Å². The summed E-state index contributed by atoms with van der Waals surface area (Å²) in [5, 5.41) is 0.165. The standard InChI is InChI=1S/C17H18Cl2N2O3S/c1-24-14-9-10-21(11-14)13-7-5-12(6-8-13)20-25(22,23)17-15(18)3-2-4-16(17)19/h2-8,14,20H,9-11H2,1H3. The number of halogens is 2. The van der Waals surface area contributed by atoms with Crippen LogP contribution in [0.4, 0.5) is 11.4 Å². The predicted molar refractivity (Wildman–Crippen MR) is 101 cm³/mol. The fourth-order valence-electron chi connectivity index (χ4n) is 2.84. The van der Waals surface area contributed by atoms with Gasteiger partial charge in [0.25, 0.3) is 10.0 Å². The first-order valence-corrected chi connectivity index (χ1v) is 9.99. The number of ether oxygens (including phenoxy) is 1. The number of anilines is 2. The molecule has 3 rings (SSSR count). The van der Waals surface area contributed by atoms with Crippen molar-refractivity contribution in [3.63, 3.8) is 0 Å². The van der Waals surface area contributed by atoms with Gasteiger partial charge in [-0.05, 0) is 42.8 Å². The summed E-state index contributed by atoms with van der Waals surface area (Å²) in [6.45, 7) is 1.75. The first kappa shape index (κ1) is 18.3. The zero-order chi connectivity index (χ0) is 18.0. The Morgan fingerprint density at radius 1 is 1.12 bits per heavy atom. The summed E-state index contributed by atoms with van der Waals surface area (Å²) in [7, 11) is -2.15. The van der Waals surface area contributed by atoms with Gasteiger partial charge in [0.15, 0.2) is 0 Å². The Morgan fingerprint density at radius 2 is 1.76 bits per heavy atom. The van der Waals surface area contributed by atoms with Gasteiger partial charge in [0.05, 0.1) is 16.1 Å². The van der Waals surface area contributed by atoms with Crippen LogP contribution in [0.3, 0.4) is 0 Å². The van der Waals surface area contributed by atoms with E-state index in [1.807, 2.05) is 12.1 Å². The number of nitrogens with one attached hydrogen (secondary N) is 1. The van der Waals surface area contributed by atoms with Crippen LogP contribution < -0.4 is 9.62 Å². The maximum Gasteiger partial charge on any atom is 0.264 e. The van der Waals surface area contributed by atoms with Crippen LogP contribution in [0.2, 0.25) is 10.0 Å². The van der Waals surface area contributed by atoms with Crippen LogP contribution in [0.1, 0.15) is 6.42 Å². The molecular weight excluding hydrogens is 383 g/mol. The van der Waals surface area contributed by atoms with Gasteiger partial charge in [0.2, 0.25) is 0 Å². The van der Waals surface area contributed by atoms with Gasteiger partial charge in [-0.2, -0.15) is 0 Å². The zero-order valence-corrected chi connectivity index (χ0v) is 15.9. The van der Waals surface area contributed by atoms with Crippen molar-refractivity contribution in [1.29, 1.82) is 0 Å². The molecule has 1 N–H and O–H groups in total. The number of rotatable bonds is 5. The number of nitrogens with zero attached hydrogens (tertiary/aromatic N) is 1. The van der Waals surface area contributed by atoms with E-state index in [2.05, 4.69) is 9.62 Å². The fourth-order valence-corrected chi connectivity index (χ4v) is 5.05. The lowest BCUT2D eigenvalue weighted by atomic mass is 10.2. The summed E-state index contributed by atoms with van der Waals surface area (Å²) in [6.07, 6.45) is 1.22. The van der Waals surface area contributed by atoms with Crippen LogP contribution in [-0.2, 0) is 14.8 Å². The molecular formula is C17H18Cl2N2O3S. The average Bonchev–Trinajstić information content (AvgIpc) is 3.04. The predicted octanol–water partition coefficient (Wildman–Crippen LogP) is 4.02.